The molecule has 2 radical (unpaired) electrons. The Kier molecular flexibility index (Phi) is 3.86. The summed E-state index contributed by atoms with van der Waals surface area (Å²) in [6, 6.07) is 0. The lowest BCUT2D eigenvalue weighted by Gasteiger charge is -2.19. The molecule has 0 amide bonds. The summed E-state index contributed by atoms with van der Waals surface area (Å²) in [5.41, 5.74) is 0. The topological polar surface area (TPSA) is 0 Å². The van der Waals surface area contributed by atoms with Crippen LogP contribution in [0.5, 0.6) is 0 Å². The van der Waals surface area contributed by atoms with E-state index in [0.717, 1.165) is 5.92 Å². The van der Waals surface area contributed by atoms with Crippen molar-refractivity contribution >= 4 is 0 Å². The average molecular weight is 138 g/mol. The van der Waals surface area contributed by atoms with Gasteiger partial charge in [-0.1, -0.05) is 32.6 Å². The first-order valence-corrected chi connectivity index (χ1v) is 4.67. The quantitative estimate of drug-likeness (QED) is 0.560. The van der Waals surface area contributed by atoms with Crippen LogP contribution < -0.4 is 0 Å². The van der Waals surface area contributed by atoms with Gasteiger partial charge < -0.3 is 0 Å². The normalized spacial score (nSPS) is 21.3. The highest BCUT2D eigenvalue weighted by molar-refractivity contribution is 4.80. The van der Waals surface area contributed by atoms with Crippen LogP contribution >= 0.6 is 0 Å². The Balaban J connectivity index is 2.02. The van der Waals surface area contributed by atoms with Crippen molar-refractivity contribution in [2.24, 2.45) is 5.92 Å². The molecule has 0 nitrogen and oxygen atoms in total. The average Bonchev–Trinajstić information content (AvgIpc) is 2.03. The van der Waals surface area contributed by atoms with Crippen molar-refractivity contribution < 1.29 is 0 Å². The van der Waals surface area contributed by atoms with Crippen LogP contribution in [0, 0.1) is 12.3 Å². The van der Waals surface area contributed by atoms with Crippen LogP contribution in [-0.2, 0) is 0 Å². The molecule has 1 aliphatic rings. The largest absolute Gasteiger partial charge is 0.0654 e. The highest BCUT2D eigenvalue weighted by Crippen LogP contribution is 2.26. The molecule has 1 fully saturated rings. The molecule has 0 aliphatic heterocycles. The van der Waals surface area contributed by atoms with Gasteiger partial charge >= 0.3 is 0 Å². The maximum absolute atomic E-state index is 3.55. The minimum Gasteiger partial charge on any atom is -0.0654 e. The molecule has 1 saturated carbocycles. The lowest BCUT2D eigenvalue weighted by atomic mass is 9.86. The van der Waals surface area contributed by atoms with E-state index in [9.17, 15) is 0 Å². The minimum atomic E-state index is 0.855. The van der Waals surface area contributed by atoms with E-state index in [1.54, 1.807) is 0 Å². The lowest BCUT2D eigenvalue weighted by molar-refractivity contribution is 0.410. The van der Waals surface area contributed by atoms with E-state index in [1.807, 2.05) is 0 Å². The first kappa shape index (κ1) is 8.10. The summed E-state index contributed by atoms with van der Waals surface area (Å²) < 4.78 is 0. The minimum absolute atomic E-state index is 0.855. The molecule has 1 aliphatic carbocycles. The Hall–Kier alpha value is 0. The van der Waals surface area contributed by atoms with Gasteiger partial charge in [-0.05, 0) is 31.6 Å². The van der Waals surface area contributed by atoms with E-state index in [0.29, 0.717) is 0 Å². The summed E-state index contributed by atoms with van der Waals surface area (Å²) in [4.78, 5) is 0. The second kappa shape index (κ2) is 4.76. The molecule has 0 aromatic carbocycles. The predicted molar refractivity (Wildman–Crippen MR) is 44.7 cm³/mol. The number of rotatable bonds is 3. The summed E-state index contributed by atoms with van der Waals surface area (Å²) in [5.74, 6) is 0.855. The van der Waals surface area contributed by atoms with Crippen LogP contribution in [0.25, 0.3) is 0 Å². The first-order chi connectivity index (χ1) is 4.93. The van der Waals surface area contributed by atoms with Gasteiger partial charge in [0.15, 0.2) is 0 Å². The van der Waals surface area contributed by atoms with E-state index in [-0.39, 0.29) is 0 Å². The Labute approximate surface area is 65.0 Å². The molecule has 1 atom stereocenters. The van der Waals surface area contributed by atoms with Crippen LogP contribution in [0.3, 0.4) is 0 Å². The zero-order valence-corrected chi connectivity index (χ0v) is 7.03. The van der Waals surface area contributed by atoms with Crippen LogP contribution in [-0.4, -0.2) is 0 Å². The number of hydrogen-bond donors (Lipinski definition) is 0. The highest BCUT2D eigenvalue weighted by atomic mass is 14.2. The highest BCUT2D eigenvalue weighted by Gasteiger charge is 2.12. The maximum Gasteiger partial charge on any atom is -0.0140 e. The van der Waals surface area contributed by atoms with Gasteiger partial charge in [-0.3, -0.25) is 0 Å². The van der Waals surface area contributed by atoms with Crippen molar-refractivity contribution in [1.82, 2.24) is 0 Å². The molecule has 10 heavy (non-hydrogen) atoms. The Morgan fingerprint density at radius 2 is 2.30 bits per heavy atom. The molecular formula is C10H18. The summed E-state index contributed by atoms with van der Waals surface area (Å²) in [7, 11) is 0. The Morgan fingerprint density at radius 3 is 2.90 bits per heavy atom. The second-order valence-electron chi connectivity index (χ2n) is 3.29. The third-order valence-electron chi connectivity index (χ3n) is 2.32. The van der Waals surface area contributed by atoms with E-state index in [4.69, 9.17) is 0 Å². The molecule has 0 saturated heterocycles. The fourth-order valence-electron chi connectivity index (χ4n) is 1.62. The third-order valence-corrected chi connectivity index (χ3v) is 2.32. The number of unbranched alkanes of at least 4 members (excludes halogenated alkanes) is 1. The molecule has 0 bridgehead atoms. The van der Waals surface area contributed by atoms with Crippen molar-refractivity contribution in [3.8, 4) is 0 Å². The lowest BCUT2D eigenvalue weighted by Crippen LogP contribution is -2.06. The van der Waals surface area contributed by atoms with Crippen LogP contribution in [0.1, 0.15) is 51.9 Å². The van der Waals surface area contributed by atoms with Gasteiger partial charge in [-0.2, -0.15) is 0 Å². The predicted octanol–water partition coefficient (Wildman–Crippen LogP) is 3.45. The van der Waals surface area contributed by atoms with E-state index < -0.39 is 0 Å². The van der Waals surface area contributed by atoms with E-state index >= 15 is 0 Å². The van der Waals surface area contributed by atoms with Gasteiger partial charge in [-0.25, -0.2) is 0 Å². The maximum atomic E-state index is 3.55. The molecule has 0 spiro atoms. The fraction of sp³-hybridized carbons (Fsp3) is 0.900. The van der Waals surface area contributed by atoms with Crippen LogP contribution in [0.4, 0.5) is 0 Å². The summed E-state index contributed by atoms with van der Waals surface area (Å²) >= 11 is 0. The van der Waals surface area contributed by atoms with Crippen molar-refractivity contribution in [2.45, 2.75) is 51.9 Å². The van der Waals surface area contributed by atoms with Gasteiger partial charge in [0.1, 0.15) is 0 Å². The summed E-state index contributed by atoms with van der Waals surface area (Å²) in [6.07, 6.45) is 13.2. The van der Waals surface area contributed by atoms with Crippen LogP contribution in [0.15, 0.2) is 0 Å². The smallest absolute Gasteiger partial charge is 0.0140 e. The van der Waals surface area contributed by atoms with Gasteiger partial charge in [0.25, 0.3) is 0 Å². The Bertz CT molecular complexity index is 70.1. The standard InChI is InChI=1S/C10H18/c1-2-3-7-10-8-5-4-6-9-10/h10H,2-8H2,1H3. The molecule has 0 N–H and O–H groups in total. The summed E-state index contributed by atoms with van der Waals surface area (Å²) in [5, 5.41) is 0. The molecule has 0 heteroatoms. The second-order valence-corrected chi connectivity index (χ2v) is 3.29. The molecule has 0 aromatic heterocycles. The van der Waals surface area contributed by atoms with Crippen molar-refractivity contribution in [1.29, 1.82) is 0 Å². The molecule has 1 rings (SSSR count). The zero-order valence-electron chi connectivity index (χ0n) is 7.03. The Morgan fingerprint density at radius 1 is 1.40 bits per heavy atom. The van der Waals surface area contributed by atoms with Crippen molar-refractivity contribution in [2.75, 3.05) is 0 Å². The molecule has 1 unspecified atom stereocenters. The molecule has 0 aromatic rings. The van der Waals surface area contributed by atoms with Gasteiger partial charge in [0.05, 0.1) is 0 Å². The van der Waals surface area contributed by atoms with Crippen molar-refractivity contribution in [3.05, 3.63) is 6.42 Å². The zero-order chi connectivity index (χ0) is 7.23. The SMILES string of the molecule is CCCCC1[C]CCCC1. The van der Waals surface area contributed by atoms with Gasteiger partial charge in [-0.15, -0.1) is 0 Å². The number of hydrogen-bond acceptors (Lipinski definition) is 0. The summed E-state index contributed by atoms with van der Waals surface area (Å²) in [6.45, 7) is 2.27. The molecule has 58 valence electrons. The monoisotopic (exact) mass is 138 g/mol. The first-order valence-electron chi connectivity index (χ1n) is 4.67. The van der Waals surface area contributed by atoms with E-state index in [1.165, 1.54) is 44.9 Å². The van der Waals surface area contributed by atoms with E-state index in [2.05, 4.69) is 13.3 Å². The fourth-order valence-corrected chi connectivity index (χ4v) is 1.62. The van der Waals surface area contributed by atoms with Gasteiger partial charge in [0.2, 0.25) is 0 Å². The van der Waals surface area contributed by atoms with Crippen LogP contribution in [0.2, 0.25) is 0 Å². The molecular weight excluding hydrogens is 120 g/mol. The third kappa shape index (κ3) is 2.72. The molecule has 0 heterocycles. The van der Waals surface area contributed by atoms with Crippen molar-refractivity contribution in [3.63, 3.8) is 0 Å². The van der Waals surface area contributed by atoms with Gasteiger partial charge in [0, 0.05) is 0 Å².